The minimum Gasteiger partial charge on any atom is -0.367 e. The van der Waals surface area contributed by atoms with Crippen LogP contribution in [-0.2, 0) is 0 Å². The van der Waals surface area contributed by atoms with E-state index in [9.17, 15) is 0 Å². The molecular weight excluding hydrogens is 232 g/mol. The molecule has 2 aromatic carbocycles. The van der Waals surface area contributed by atoms with Gasteiger partial charge in [0.15, 0.2) is 0 Å². The molecule has 1 aliphatic heterocycles. The molecule has 94 valence electrons. The molecule has 0 amide bonds. The van der Waals surface area contributed by atoms with Gasteiger partial charge in [0.1, 0.15) is 0 Å². The van der Waals surface area contributed by atoms with Gasteiger partial charge in [-0.05, 0) is 0 Å². The van der Waals surface area contributed by atoms with Gasteiger partial charge in [-0.3, -0.25) is 4.99 Å². The van der Waals surface area contributed by atoms with E-state index in [1.54, 1.807) is 0 Å². The highest BCUT2D eigenvalue weighted by atomic mass is 15.1. The Balaban J connectivity index is 2.18. The fourth-order valence-electron chi connectivity index (χ4n) is 2.35. The maximum Gasteiger partial charge on any atom is 0.0938 e. The second-order valence-corrected chi connectivity index (χ2v) is 4.62. The maximum absolute atomic E-state index is 4.62. The van der Waals surface area contributed by atoms with Crippen LogP contribution in [0.2, 0.25) is 0 Å². The van der Waals surface area contributed by atoms with E-state index >= 15 is 0 Å². The first-order valence-electron chi connectivity index (χ1n) is 6.45. The lowest BCUT2D eigenvalue weighted by Gasteiger charge is -2.27. The van der Waals surface area contributed by atoms with Crippen molar-refractivity contribution in [2.75, 3.05) is 13.6 Å². The standard InChI is InChI=1S/C17H16N2/c1-19-13-12-18-16(14-8-4-2-5-9-14)17(19)15-10-6-3-7-11-15/h2-12H,13H2,1H3. The Kier molecular flexibility index (Phi) is 3.15. The summed E-state index contributed by atoms with van der Waals surface area (Å²) in [4.78, 5) is 6.86. The molecule has 0 N–H and O–H groups in total. The van der Waals surface area contributed by atoms with Crippen molar-refractivity contribution in [2.45, 2.75) is 0 Å². The Hall–Kier alpha value is -2.35. The van der Waals surface area contributed by atoms with Gasteiger partial charge in [0, 0.05) is 24.4 Å². The summed E-state index contributed by atoms with van der Waals surface area (Å²) in [5, 5.41) is 0. The topological polar surface area (TPSA) is 15.6 Å². The highest BCUT2D eigenvalue weighted by molar-refractivity contribution is 5.95. The SMILES string of the molecule is CN1CC=NC(c2ccccc2)=C1c1ccccc1. The van der Waals surface area contributed by atoms with Crippen LogP contribution in [0.15, 0.2) is 65.7 Å². The Morgan fingerprint density at radius 2 is 1.42 bits per heavy atom. The van der Waals surface area contributed by atoms with Crippen LogP contribution in [-0.4, -0.2) is 24.7 Å². The lowest BCUT2D eigenvalue weighted by molar-refractivity contribution is 0.552. The first-order valence-corrected chi connectivity index (χ1v) is 6.45. The molecule has 0 aromatic heterocycles. The number of hydrogen-bond acceptors (Lipinski definition) is 2. The van der Waals surface area contributed by atoms with Crippen molar-refractivity contribution in [2.24, 2.45) is 4.99 Å². The van der Waals surface area contributed by atoms with Crippen LogP contribution < -0.4 is 0 Å². The van der Waals surface area contributed by atoms with Crippen LogP contribution in [0.5, 0.6) is 0 Å². The summed E-state index contributed by atoms with van der Waals surface area (Å²) in [6.07, 6.45) is 1.97. The van der Waals surface area contributed by atoms with Crippen molar-refractivity contribution in [3.63, 3.8) is 0 Å². The predicted molar refractivity (Wildman–Crippen MR) is 80.8 cm³/mol. The Morgan fingerprint density at radius 1 is 0.842 bits per heavy atom. The summed E-state index contributed by atoms with van der Waals surface area (Å²) in [5.41, 5.74) is 4.60. The summed E-state index contributed by atoms with van der Waals surface area (Å²) >= 11 is 0. The normalized spacial score (nSPS) is 14.9. The lowest BCUT2D eigenvalue weighted by Crippen LogP contribution is -2.23. The van der Waals surface area contributed by atoms with E-state index in [0.717, 1.165) is 17.8 Å². The molecule has 2 aromatic rings. The van der Waals surface area contributed by atoms with E-state index in [-0.39, 0.29) is 0 Å². The smallest absolute Gasteiger partial charge is 0.0938 e. The molecule has 0 aliphatic carbocycles. The minimum absolute atomic E-state index is 0.848. The summed E-state index contributed by atoms with van der Waals surface area (Å²) in [5.74, 6) is 0. The quantitative estimate of drug-likeness (QED) is 0.794. The minimum atomic E-state index is 0.848. The van der Waals surface area contributed by atoms with Gasteiger partial charge in [0.2, 0.25) is 0 Å². The number of aliphatic imine (C=N–C) groups is 1. The zero-order chi connectivity index (χ0) is 13.1. The molecule has 0 unspecified atom stereocenters. The van der Waals surface area contributed by atoms with E-state index in [2.05, 4.69) is 65.5 Å². The predicted octanol–water partition coefficient (Wildman–Crippen LogP) is 3.53. The van der Waals surface area contributed by atoms with Crippen molar-refractivity contribution in [1.82, 2.24) is 4.90 Å². The van der Waals surface area contributed by atoms with Crippen LogP contribution in [0.1, 0.15) is 11.1 Å². The van der Waals surface area contributed by atoms with Crippen LogP contribution in [0.3, 0.4) is 0 Å². The summed E-state index contributed by atoms with van der Waals surface area (Å²) in [7, 11) is 2.11. The Morgan fingerprint density at radius 3 is 2.05 bits per heavy atom. The molecule has 2 heteroatoms. The average Bonchev–Trinajstić information content (AvgIpc) is 2.49. The van der Waals surface area contributed by atoms with E-state index in [0.29, 0.717) is 0 Å². The molecule has 2 nitrogen and oxygen atoms in total. The van der Waals surface area contributed by atoms with E-state index in [1.165, 1.54) is 11.3 Å². The number of rotatable bonds is 2. The van der Waals surface area contributed by atoms with Gasteiger partial charge in [-0.15, -0.1) is 0 Å². The number of benzene rings is 2. The van der Waals surface area contributed by atoms with Crippen molar-refractivity contribution >= 4 is 17.6 Å². The number of nitrogens with zero attached hydrogens (tertiary/aromatic N) is 2. The molecule has 0 saturated heterocycles. The highest BCUT2D eigenvalue weighted by Gasteiger charge is 2.17. The van der Waals surface area contributed by atoms with Crippen LogP contribution >= 0.6 is 0 Å². The third kappa shape index (κ3) is 2.29. The van der Waals surface area contributed by atoms with Crippen molar-refractivity contribution in [3.05, 3.63) is 71.8 Å². The van der Waals surface area contributed by atoms with Gasteiger partial charge in [0.25, 0.3) is 0 Å². The molecule has 19 heavy (non-hydrogen) atoms. The molecule has 0 spiro atoms. The van der Waals surface area contributed by atoms with E-state index < -0.39 is 0 Å². The molecule has 0 atom stereocenters. The van der Waals surface area contributed by atoms with E-state index in [4.69, 9.17) is 0 Å². The molecule has 3 rings (SSSR count). The average molecular weight is 248 g/mol. The van der Waals surface area contributed by atoms with Crippen molar-refractivity contribution < 1.29 is 0 Å². The lowest BCUT2D eigenvalue weighted by atomic mass is 10.0. The molecule has 1 heterocycles. The summed E-state index contributed by atoms with van der Waals surface area (Å²) < 4.78 is 0. The van der Waals surface area contributed by atoms with Crippen molar-refractivity contribution in [1.29, 1.82) is 0 Å². The molecule has 1 aliphatic rings. The maximum atomic E-state index is 4.62. The van der Waals surface area contributed by atoms with Gasteiger partial charge in [0.05, 0.1) is 17.9 Å². The molecule has 0 radical (unpaired) electrons. The zero-order valence-electron chi connectivity index (χ0n) is 11.0. The van der Waals surface area contributed by atoms with Gasteiger partial charge in [-0.1, -0.05) is 60.7 Å². The summed E-state index contributed by atoms with van der Waals surface area (Å²) in [6.45, 7) is 0.848. The molecule has 0 saturated carbocycles. The van der Waals surface area contributed by atoms with Gasteiger partial charge >= 0.3 is 0 Å². The van der Waals surface area contributed by atoms with Crippen LogP contribution in [0, 0.1) is 0 Å². The zero-order valence-corrected chi connectivity index (χ0v) is 11.0. The van der Waals surface area contributed by atoms with Crippen LogP contribution in [0.25, 0.3) is 11.4 Å². The van der Waals surface area contributed by atoms with Gasteiger partial charge in [-0.25, -0.2) is 0 Å². The fraction of sp³-hybridized carbons (Fsp3) is 0.118. The largest absolute Gasteiger partial charge is 0.367 e. The molecular formula is C17H16N2. The van der Waals surface area contributed by atoms with Crippen LogP contribution in [0.4, 0.5) is 0 Å². The second-order valence-electron chi connectivity index (χ2n) is 4.62. The highest BCUT2D eigenvalue weighted by Crippen LogP contribution is 2.31. The van der Waals surface area contributed by atoms with Gasteiger partial charge in [-0.2, -0.15) is 0 Å². The van der Waals surface area contributed by atoms with E-state index in [1.807, 2.05) is 18.3 Å². The monoisotopic (exact) mass is 248 g/mol. The Bertz CT molecular complexity index is 612. The third-order valence-electron chi connectivity index (χ3n) is 3.28. The first kappa shape index (κ1) is 11.7. The van der Waals surface area contributed by atoms with Crippen molar-refractivity contribution in [3.8, 4) is 0 Å². The summed E-state index contributed by atoms with van der Waals surface area (Å²) in [6, 6.07) is 20.8. The first-order chi connectivity index (χ1) is 9.36. The molecule has 0 fully saturated rings. The second kappa shape index (κ2) is 5.11. The third-order valence-corrected chi connectivity index (χ3v) is 3.28. The number of hydrogen-bond donors (Lipinski definition) is 0. The Labute approximate surface area is 113 Å². The molecule has 0 bridgehead atoms. The fourth-order valence-corrected chi connectivity index (χ4v) is 2.35. The van der Waals surface area contributed by atoms with Gasteiger partial charge < -0.3 is 4.90 Å².